The number of nitrogens with zero attached hydrogens (tertiary/aromatic N) is 2. The molecule has 1 aliphatic heterocycles. The molecule has 1 saturated heterocycles. The van der Waals surface area contributed by atoms with Crippen LogP contribution in [0.2, 0.25) is 0 Å². The largest absolute Gasteiger partial charge is 0.342 e. The normalized spacial score (nSPS) is 22.9. The van der Waals surface area contributed by atoms with Crippen LogP contribution in [0.15, 0.2) is 24.5 Å². The molecule has 21 heavy (non-hydrogen) atoms. The zero-order chi connectivity index (χ0) is 15.6. The Balaban J connectivity index is 2.29. The predicted molar refractivity (Wildman–Crippen MR) is 80.3 cm³/mol. The molecule has 0 radical (unpaired) electrons. The maximum absolute atomic E-state index is 12.8. The van der Waals surface area contributed by atoms with E-state index in [4.69, 9.17) is 0 Å². The number of aromatic nitrogens is 1. The van der Waals surface area contributed by atoms with Crippen LogP contribution in [0, 0.1) is 5.92 Å². The van der Waals surface area contributed by atoms with Crippen LogP contribution in [-0.2, 0) is 16.1 Å². The molecule has 5 nitrogen and oxygen atoms in total. The minimum atomic E-state index is -0.843. The lowest BCUT2D eigenvalue weighted by atomic mass is 9.89. The van der Waals surface area contributed by atoms with Crippen LogP contribution in [0.25, 0.3) is 0 Å². The van der Waals surface area contributed by atoms with E-state index >= 15 is 0 Å². The lowest BCUT2D eigenvalue weighted by Gasteiger charge is -2.45. The van der Waals surface area contributed by atoms with Crippen molar-refractivity contribution in [2.45, 2.75) is 52.2 Å². The number of pyridine rings is 1. The van der Waals surface area contributed by atoms with Crippen molar-refractivity contribution < 1.29 is 9.59 Å². The summed E-state index contributed by atoms with van der Waals surface area (Å²) in [4.78, 5) is 30.8. The van der Waals surface area contributed by atoms with Gasteiger partial charge in [-0.05, 0) is 37.5 Å². The highest BCUT2D eigenvalue weighted by Crippen LogP contribution is 2.26. The first-order chi connectivity index (χ1) is 9.87. The third kappa shape index (κ3) is 2.91. The molecule has 114 valence electrons. The molecule has 1 N–H and O–H groups in total. The third-order valence-corrected chi connectivity index (χ3v) is 4.35. The van der Waals surface area contributed by atoms with E-state index in [1.807, 2.05) is 26.0 Å². The second kappa shape index (κ2) is 5.84. The van der Waals surface area contributed by atoms with Gasteiger partial charge in [0.05, 0.1) is 0 Å². The summed E-state index contributed by atoms with van der Waals surface area (Å²) in [5, 5.41) is 2.88. The standard InChI is InChI=1S/C16H23N3O2/c1-5-11(2)13-14(20)19(16(3,4)15(21)18-13)10-12-6-8-17-9-7-12/h6-9,11,13H,5,10H2,1-4H3,(H,18,21). The molecular formula is C16H23N3O2. The molecule has 0 saturated carbocycles. The summed E-state index contributed by atoms with van der Waals surface area (Å²) in [5.41, 5.74) is 0.133. The lowest BCUT2D eigenvalue weighted by molar-refractivity contribution is -0.157. The topological polar surface area (TPSA) is 62.3 Å². The molecule has 2 unspecified atom stereocenters. The van der Waals surface area contributed by atoms with Crippen molar-refractivity contribution in [3.63, 3.8) is 0 Å². The fourth-order valence-corrected chi connectivity index (χ4v) is 2.51. The zero-order valence-corrected chi connectivity index (χ0v) is 13.1. The molecule has 0 bridgehead atoms. The molecular weight excluding hydrogens is 266 g/mol. The van der Waals surface area contributed by atoms with Gasteiger partial charge in [0.15, 0.2) is 0 Å². The molecule has 0 aromatic carbocycles. The number of nitrogens with one attached hydrogen (secondary N) is 1. The molecule has 1 fully saturated rings. The smallest absolute Gasteiger partial charge is 0.246 e. The fraction of sp³-hybridized carbons (Fsp3) is 0.562. The minimum absolute atomic E-state index is 0.00855. The number of hydrogen-bond donors (Lipinski definition) is 1. The van der Waals surface area contributed by atoms with Crippen molar-refractivity contribution in [1.82, 2.24) is 15.2 Å². The highest BCUT2D eigenvalue weighted by molar-refractivity contribution is 5.99. The van der Waals surface area contributed by atoms with E-state index in [2.05, 4.69) is 10.3 Å². The summed E-state index contributed by atoms with van der Waals surface area (Å²) in [6, 6.07) is 3.31. The average molecular weight is 289 g/mol. The van der Waals surface area contributed by atoms with Gasteiger partial charge in [-0.25, -0.2) is 0 Å². The predicted octanol–water partition coefficient (Wildman–Crippen LogP) is 1.73. The van der Waals surface area contributed by atoms with Crippen LogP contribution < -0.4 is 5.32 Å². The SMILES string of the molecule is CCC(C)C1NC(=O)C(C)(C)N(Cc2ccncc2)C1=O. The number of hydrogen-bond acceptors (Lipinski definition) is 3. The number of rotatable bonds is 4. The van der Waals surface area contributed by atoms with Crippen LogP contribution >= 0.6 is 0 Å². The van der Waals surface area contributed by atoms with E-state index in [0.717, 1.165) is 12.0 Å². The van der Waals surface area contributed by atoms with Gasteiger partial charge >= 0.3 is 0 Å². The zero-order valence-electron chi connectivity index (χ0n) is 13.1. The summed E-state index contributed by atoms with van der Waals surface area (Å²) in [6.45, 7) is 8.01. The van der Waals surface area contributed by atoms with Gasteiger partial charge in [0.1, 0.15) is 11.6 Å². The lowest BCUT2D eigenvalue weighted by Crippen LogP contribution is -2.69. The molecule has 2 rings (SSSR count). The minimum Gasteiger partial charge on any atom is -0.342 e. The van der Waals surface area contributed by atoms with Crippen molar-refractivity contribution in [2.24, 2.45) is 5.92 Å². The molecule has 1 aliphatic rings. The van der Waals surface area contributed by atoms with E-state index in [1.54, 1.807) is 31.1 Å². The van der Waals surface area contributed by atoms with Gasteiger partial charge in [0.25, 0.3) is 0 Å². The molecule has 0 spiro atoms. The van der Waals surface area contributed by atoms with E-state index in [1.165, 1.54) is 0 Å². The Labute approximate surface area is 125 Å². The summed E-state index contributed by atoms with van der Waals surface area (Å²) in [6.07, 6.45) is 4.24. The highest BCUT2D eigenvalue weighted by atomic mass is 16.2. The maximum atomic E-state index is 12.8. The van der Waals surface area contributed by atoms with Gasteiger partial charge in [-0.3, -0.25) is 14.6 Å². The Hall–Kier alpha value is -1.91. The van der Waals surface area contributed by atoms with Crippen molar-refractivity contribution >= 4 is 11.8 Å². The van der Waals surface area contributed by atoms with Gasteiger partial charge in [-0.2, -0.15) is 0 Å². The fourth-order valence-electron chi connectivity index (χ4n) is 2.51. The Morgan fingerprint density at radius 3 is 2.52 bits per heavy atom. The van der Waals surface area contributed by atoms with Crippen molar-refractivity contribution in [1.29, 1.82) is 0 Å². The van der Waals surface area contributed by atoms with Crippen molar-refractivity contribution in [3.8, 4) is 0 Å². The second-order valence-corrected chi connectivity index (χ2v) is 6.18. The van der Waals surface area contributed by atoms with E-state index < -0.39 is 11.6 Å². The van der Waals surface area contributed by atoms with E-state index in [-0.39, 0.29) is 17.7 Å². The Morgan fingerprint density at radius 1 is 1.33 bits per heavy atom. The van der Waals surface area contributed by atoms with Gasteiger partial charge in [-0.1, -0.05) is 20.3 Å². The monoisotopic (exact) mass is 289 g/mol. The molecule has 1 aromatic rings. The Bertz CT molecular complexity index is 528. The quantitative estimate of drug-likeness (QED) is 0.918. The first-order valence-corrected chi connectivity index (χ1v) is 7.39. The summed E-state index contributed by atoms with van der Waals surface area (Å²) >= 11 is 0. The van der Waals surface area contributed by atoms with Crippen LogP contribution in [-0.4, -0.2) is 33.3 Å². The molecule has 1 aromatic heterocycles. The molecule has 5 heteroatoms. The molecule has 2 heterocycles. The second-order valence-electron chi connectivity index (χ2n) is 6.18. The molecule has 0 aliphatic carbocycles. The van der Waals surface area contributed by atoms with Crippen LogP contribution in [0.5, 0.6) is 0 Å². The summed E-state index contributed by atoms with van der Waals surface area (Å²) in [5.74, 6) is 0.0182. The van der Waals surface area contributed by atoms with Crippen LogP contribution in [0.4, 0.5) is 0 Å². The Kier molecular flexibility index (Phi) is 4.30. The first kappa shape index (κ1) is 15.5. The van der Waals surface area contributed by atoms with E-state index in [9.17, 15) is 9.59 Å². The average Bonchev–Trinajstić information content (AvgIpc) is 2.48. The summed E-state index contributed by atoms with van der Waals surface area (Å²) < 4.78 is 0. The number of carbonyl (C=O) groups excluding carboxylic acids is 2. The third-order valence-electron chi connectivity index (χ3n) is 4.35. The Morgan fingerprint density at radius 2 is 1.95 bits per heavy atom. The van der Waals surface area contributed by atoms with Gasteiger partial charge < -0.3 is 10.2 Å². The highest BCUT2D eigenvalue weighted by Gasteiger charge is 2.47. The van der Waals surface area contributed by atoms with Crippen molar-refractivity contribution in [2.75, 3.05) is 0 Å². The molecule has 2 atom stereocenters. The maximum Gasteiger partial charge on any atom is 0.246 e. The number of piperazine rings is 1. The number of amides is 2. The van der Waals surface area contributed by atoms with Crippen LogP contribution in [0.3, 0.4) is 0 Å². The van der Waals surface area contributed by atoms with Gasteiger partial charge in [0.2, 0.25) is 11.8 Å². The number of carbonyl (C=O) groups is 2. The van der Waals surface area contributed by atoms with E-state index in [0.29, 0.717) is 6.54 Å². The van der Waals surface area contributed by atoms with Gasteiger partial charge in [0, 0.05) is 18.9 Å². The first-order valence-electron chi connectivity index (χ1n) is 7.39. The summed E-state index contributed by atoms with van der Waals surface area (Å²) in [7, 11) is 0. The van der Waals surface area contributed by atoms with Gasteiger partial charge in [-0.15, -0.1) is 0 Å². The van der Waals surface area contributed by atoms with Crippen LogP contribution in [0.1, 0.15) is 39.7 Å². The molecule has 2 amide bonds. The van der Waals surface area contributed by atoms with Crippen molar-refractivity contribution in [3.05, 3.63) is 30.1 Å².